The van der Waals surface area contributed by atoms with Crippen molar-refractivity contribution < 1.29 is 4.74 Å². The highest BCUT2D eigenvalue weighted by molar-refractivity contribution is 5.10. The maximum absolute atomic E-state index is 5.15. The van der Waals surface area contributed by atoms with Crippen molar-refractivity contribution in [3.05, 3.63) is 12.4 Å². The summed E-state index contributed by atoms with van der Waals surface area (Å²) in [5.41, 5.74) is 0. The minimum absolute atomic E-state index is 0.724. The van der Waals surface area contributed by atoms with Crippen molar-refractivity contribution in [3.8, 4) is 5.75 Å². The topological polar surface area (TPSA) is 39.1 Å². The van der Waals surface area contributed by atoms with Crippen LogP contribution in [0.3, 0.4) is 0 Å². The third-order valence-corrected chi connectivity index (χ3v) is 3.89. The molecular formula is C14H25N3O. The predicted molar refractivity (Wildman–Crippen MR) is 72.8 cm³/mol. The molecule has 4 heteroatoms. The van der Waals surface area contributed by atoms with Crippen LogP contribution in [0.5, 0.6) is 5.75 Å². The molecule has 1 N–H and O–H groups in total. The maximum Gasteiger partial charge on any atom is 0.156 e. The van der Waals surface area contributed by atoms with Crippen LogP contribution in [0.1, 0.15) is 39.0 Å². The Morgan fingerprint density at radius 3 is 3.11 bits per heavy atom. The lowest BCUT2D eigenvalue weighted by Crippen LogP contribution is -2.33. The fraction of sp³-hybridized carbons (Fsp3) is 0.786. The first kappa shape index (κ1) is 13.4. The van der Waals surface area contributed by atoms with Gasteiger partial charge in [0.15, 0.2) is 5.75 Å². The Balaban J connectivity index is 1.78. The number of hydrogen-bond acceptors (Lipinski definition) is 3. The molecule has 0 radical (unpaired) electrons. The van der Waals surface area contributed by atoms with E-state index < -0.39 is 0 Å². The van der Waals surface area contributed by atoms with Gasteiger partial charge in [-0.15, -0.1) is 0 Å². The summed E-state index contributed by atoms with van der Waals surface area (Å²) in [6.45, 7) is 4.38. The lowest BCUT2D eigenvalue weighted by molar-refractivity contribution is 0.354. The summed E-state index contributed by atoms with van der Waals surface area (Å²) < 4.78 is 7.14. The van der Waals surface area contributed by atoms with Crippen LogP contribution in [-0.2, 0) is 6.54 Å². The van der Waals surface area contributed by atoms with E-state index in [1.165, 1.54) is 32.1 Å². The fourth-order valence-corrected chi connectivity index (χ4v) is 2.85. The Bertz CT molecular complexity index is 351. The molecule has 0 aliphatic heterocycles. The van der Waals surface area contributed by atoms with Crippen LogP contribution in [0.25, 0.3) is 0 Å². The summed E-state index contributed by atoms with van der Waals surface area (Å²) in [4.78, 5) is 0. The van der Waals surface area contributed by atoms with Gasteiger partial charge in [-0.1, -0.05) is 13.3 Å². The van der Waals surface area contributed by atoms with Crippen molar-refractivity contribution in [2.24, 2.45) is 5.92 Å². The van der Waals surface area contributed by atoms with Crippen molar-refractivity contribution >= 4 is 0 Å². The number of aromatic nitrogens is 2. The van der Waals surface area contributed by atoms with Gasteiger partial charge in [-0.2, -0.15) is 5.10 Å². The van der Waals surface area contributed by atoms with E-state index in [2.05, 4.69) is 17.3 Å². The predicted octanol–water partition coefficient (Wildman–Crippen LogP) is 2.45. The average molecular weight is 251 g/mol. The number of nitrogens with zero attached hydrogens (tertiary/aromatic N) is 2. The zero-order valence-corrected chi connectivity index (χ0v) is 11.6. The van der Waals surface area contributed by atoms with E-state index in [1.807, 2.05) is 10.9 Å². The van der Waals surface area contributed by atoms with E-state index in [4.69, 9.17) is 4.74 Å². The molecule has 2 atom stereocenters. The fourth-order valence-electron chi connectivity index (χ4n) is 2.85. The lowest BCUT2D eigenvalue weighted by Gasteiger charge is -2.20. The second-order valence-electron chi connectivity index (χ2n) is 5.18. The second kappa shape index (κ2) is 6.78. The quantitative estimate of drug-likeness (QED) is 0.809. The van der Waals surface area contributed by atoms with E-state index in [-0.39, 0.29) is 0 Å². The summed E-state index contributed by atoms with van der Waals surface area (Å²) in [5, 5.41) is 7.99. The van der Waals surface area contributed by atoms with E-state index in [0.29, 0.717) is 0 Å². The van der Waals surface area contributed by atoms with Gasteiger partial charge in [-0.05, 0) is 38.1 Å². The van der Waals surface area contributed by atoms with Crippen molar-refractivity contribution in [1.29, 1.82) is 0 Å². The number of methoxy groups -OCH3 is 1. The number of aryl methyl sites for hydroxylation is 1. The SMILES string of the molecule is CCCNC1CCCC1CCn1cc(OC)cn1. The molecule has 1 aliphatic rings. The molecule has 1 aromatic heterocycles. The van der Waals surface area contributed by atoms with Gasteiger partial charge in [0.25, 0.3) is 0 Å². The number of ether oxygens (including phenoxy) is 1. The van der Waals surface area contributed by atoms with Crippen LogP contribution >= 0.6 is 0 Å². The Morgan fingerprint density at radius 2 is 2.39 bits per heavy atom. The van der Waals surface area contributed by atoms with Gasteiger partial charge in [0.2, 0.25) is 0 Å². The van der Waals surface area contributed by atoms with E-state index in [1.54, 1.807) is 13.3 Å². The highest BCUT2D eigenvalue weighted by atomic mass is 16.5. The van der Waals surface area contributed by atoms with Crippen molar-refractivity contribution in [3.63, 3.8) is 0 Å². The smallest absolute Gasteiger partial charge is 0.156 e. The molecule has 1 heterocycles. The van der Waals surface area contributed by atoms with Gasteiger partial charge in [-0.25, -0.2) is 0 Å². The van der Waals surface area contributed by atoms with Gasteiger partial charge in [0.05, 0.1) is 19.5 Å². The molecule has 18 heavy (non-hydrogen) atoms. The molecule has 2 rings (SSSR count). The van der Waals surface area contributed by atoms with Gasteiger partial charge >= 0.3 is 0 Å². The second-order valence-corrected chi connectivity index (χ2v) is 5.18. The largest absolute Gasteiger partial charge is 0.493 e. The summed E-state index contributed by atoms with van der Waals surface area (Å²) in [6.07, 6.45) is 10.3. The van der Waals surface area contributed by atoms with Crippen LogP contribution in [0.4, 0.5) is 0 Å². The standard InChI is InChI=1S/C14H25N3O/c1-3-8-15-14-6-4-5-12(14)7-9-17-11-13(18-2)10-16-17/h10-12,14-15H,3-9H2,1-2H3. The molecular weight excluding hydrogens is 226 g/mol. The van der Waals surface area contributed by atoms with E-state index in [9.17, 15) is 0 Å². The first-order chi connectivity index (χ1) is 8.83. The van der Waals surface area contributed by atoms with Crippen LogP contribution in [0.15, 0.2) is 12.4 Å². The first-order valence-electron chi connectivity index (χ1n) is 7.13. The van der Waals surface area contributed by atoms with Crippen molar-refractivity contribution in [2.45, 2.75) is 51.6 Å². The molecule has 0 spiro atoms. The number of hydrogen-bond donors (Lipinski definition) is 1. The number of rotatable bonds is 7. The van der Waals surface area contributed by atoms with Gasteiger partial charge in [0.1, 0.15) is 0 Å². The molecule has 0 saturated heterocycles. The molecule has 1 fully saturated rings. The van der Waals surface area contributed by atoms with Crippen LogP contribution in [-0.4, -0.2) is 29.5 Å². The molecule has 1 aliphatic carbocycles. The minimum atomic E-state index is 0.724. The molecule has 0 amide bonds. The molecule has 1 saturated carbocycles. The molecule has 102 valence electrons. The normalized spacial score (nSPS) is 23.4. The van der Waals surface area contributed by atoms with Crippen LogP contribution in [0, 0.1) is 5.92 Å². The zero-order valence-electron chi connectivity index (χ0n) is 11.6. The summed E-state index contributed by atoms with van der Waals surface area (Å²) in [6, 6.07) is 0.724. The highest BCUT2D eigenvalue weighted by Crippen LogP contribution is 2.28. The Morgan fingerprint density at radius 1 is 1.50 bits per heavy atom. The summed E-state index contributed by atoms with van der Waals surface area (Å²) in [5.74, 6) is 1.66. The van der Waals surface area contributed by atoms with Crippen LogP contribution < -0.4 is 10.1 Å². The van der Waals surface area contributed by atoms with Gasteiger partial charge < -0.3 is 10.1 Å². The molecule has 0 bridgehead atoms. The Hall–Kier alpha value is -1.03. The third kappa shape index (κ3) is 3.48. The molecule has 0 aromatic carbocycles. The summed E-state index contributed by atoms with van der Waals surface area (Å²) in [7, 11) is 1.68. The lowest BCUT2D eigenvalue weighted by atomic mass is 9.99. The number of nitrogens with one attached hydrogen (secondary N) is 1. The average Bonchev–Trinajstić information content (AvgIpc) is 3.02. The molecule has 4 nitrogen and oxygen atoms in total. The molecule has 1 aromatic rings. The molecule has 2 unspecified atom stereocenters. The van der Waals surface area contributed by atoms with Crippen molar-refractivity contribution in [1.82, 2.24) is 15.1 Å². The van der Waals surface area contributed by atoms with Gasteiger partial charge in [0, 0.05) is 12.6 Å². The van der Waals surface area contributed by atoms with Gasteiger partial charge in [-0.3, -0.25) is 4.68 Å². The van der Waals surface area contributed by atoms with Crippen LogP contribution in [0.2, 0.25) is 0 Å². The summed E-state index contributed by atoms with van der Waals surface area (Å²) >= 11 is 0. The Labute approximate surface area is 110 Å². The third-order valence-electron chi connectivity index (χ3n) is 3.89. The minimum Gasteiger partial charge on any atom is -0.493 e. The highest BCUT2D eigenvalue weighted by Gasteiger charge is 2.26. The van der Waals surface area contributed by atoms with Crippen molar-refractivity contribution in [2.75, 3.05) is 13.7 Å². The monoisotopic (exact) mass is 251 g/mol. The zero-order chi connectivity index (χ0) is 12.8. The Kier molecular flexibility index (Phi) is 5.05. The maximum atomic E-state index is 5.15. The first-order valence-corrected chi connectivity index (χ1v) is 7.13. The van der Waals surface area contributed by atoms with E-state index >= 15 is 0 Å². The van der Waals surface area contributed by atoms with E-state index in [0.717, 1.165) is 30.8 Å².